The van der Waals surface area contributed by atoms with Crippen LogP contribution in [0.2, 0.25) is 0 Å². The van der Waals surface area contributed by atoms with E-state index in [9.17, 15) is 0 Å². The highest BCUT2D eigenvalue weighted by molar-refractivity contribution is 6.16. The lowest BCUT2D eigenvalue weighted by molar-refractivity contribution is 0.0753. The SMILES string of the molecule is COC1CCCC1n1c(CCl)nc2ccc(C)nc21. The number of methoxy groups -OCH3 is 1. The predicted octanol–water partition coefficient (Wildman–Crippen LogP) is 3.22. The number of pyridine rings is 1. The molecular formula is C14H18ClN3O. The highest BCUT2D eigenvalue weighted by Gasteiger charge is 2.31. The summed E-state index contributed by atoms with van der Waals surface area (Å²) in [6.45, 7) is 2.00. The summed E-state index contributed by atoms with van der Waals surface area (Å²) >= 11 is 6.06. The van der Waals surface area contributed by atoms with Crippen LogP contribution >= 0.6 is 11.6 Å². The molecule has 0 amide bonds. The number of aryl methyl sites for hydroxylation is 1. The van der Waals surface area contributed by atoms with Crippen molar-refractivity contribution in [1.82, 2.24) is 14.5 Å². The first-order valence-corrected chi connectivity index (χ1v) is 7.21. The van der Waals surface area contributed by atoms with Gasteiger partial charge in [0.2, 0.25) is 0 Å². The van der Waals surface area contributed by atoms with Crippen molar-refractivity contribution in [2.45, 2.75) is 44.2 Å². The molecule has 102 valence electrons. The van der Waals surface area contributed by atoms with Crippen molar-refractivity contribution in [1.29, 1.82) is 0 Å². The van der Waals surface area contributed by atoms with E-state index in [0.717, 1.165) is 35.5 Å². The van der Waals surface area contributed by atoms with Crippen LogP contribution in [-0.2, 0) is 10.6 Å². The Morgan fingerprint density at radius 3 is 2.95 bits per heavy atom. The number of hydrogen-bond acceptors (Lipinski definition) is 3. The molecule has 2 aromatic rings. The Bertz CT molecular complexity index is 596. The molecule has 2 atom stereocenters. The van der Waals surface area contributed by atoms with E-state index in [1.54, 1.807) is 7.11 Å². The van der Waals surface area contributed by atoms with Crippen molar-refractivity contribution in [2.75, 3.05) is 7.11 Å². The molecule has 0 N–H and O–H groups in total. The van der Waals surface area contributed by atoms with E-state index >= 15 is 0 Å². The smallest absolute Gasteiger partial charge is 0.160 e. The summed E-state index contributed by atoms with van der Waals surface area (Å²) in [6, 6.07) is 4.30. The van der Waals surface area contributed by atoms with E-state index in [-0.39, 0.29) is 6.10 Å². The van der Waals surface area contributed by atoms with Gasteiger partial charge < -0.3 is 9.30 Å². The second-order valence-corrected chi connectivity index (χ2v) is 5.37. The van der Waals surface area contributed by atoms with E-state index in [0.29, 0.717) is 11.9 Å². The molecule has 2 unspecified atom stereocenters. The molecule has 1 aliphatic carbocycles. The van der Waals surface area contributed by atoms with Crippen molar-refractivity contribution in [2.24, 2.45) is 0 Å². The molecule has 0 aromatic carbocycles. The average Bonchev–Trinajstić information content (AvgIpc) is 3.00. The maximum Gasteiger partial charge on any atom is 0.160 e. The molecule has 1 aliphatic rings. The standard InChI is InChI=1S/C14H18ClN3O/c1-9-6-7-10-14(16-9)18(13(8-15)17-10)11-4-3-5-12(11)19-2/h6-7,11-12H,3-5,8H2,1-2H3. The van der Waals surface area contributed by atoms with Gasteiger partial charge in [-0.25, -0.2) is 9.97 Å². The fraction of sp³-hybridized carbons (Fsp3) is 0.571. The Balaban J connectivity index is 2.17. The van der Waals surface area contributed by atoms with Crippen LogP contribution in [0.15, 0.2) is 12.1 Å². The first-order chi connectivity index (χ1) is 9.24. The summed E-state index contributed by atoms with van der Waals surface area (Å²) in [6.07, 6.45) is 3.61. The van der Waals surface area contributed by atoms with Gasteiger partial charge in [-0.05, 0) is 38.3 Å². The Morgan fingerprint density at radius 2 is 2.21 bits per heavy atom. The molecule has 0 radical (unpaired) electrons. The van der Waals surface area contributed by atoms with Gasteiger partial charge >= 0.3 is 0 Å². The molecule has 19 heavy (non-hydrogen) atoms. The number of halogens is 1. The van der Waals surface area contributed by atoms with Crippen LogP contribution in [0, 0.1) is 6.92 Å². The van der Waals surface area contributed by atoms with Crippen molar-refractivity contribution >= 4 is 22.8 Å². The average molecular weight is 280 g/mol. The largest absolute Gasteiger partial charge is 0.379 e. The summed E-state index contributed by atoms with van der Waals surface area (Å²) < 4.78 is 7.80. The van der Waals surface area contributed by atoms with Crippen LogP contribution in [0.25, 0.3) is 11.2 Å². The number of aromatic nitrogens is 3. The first kappa shape index (κ1) is 12.9. The van der Waals surface area contributed by atoms with E-state index in [1.165, 1.54) is 6.42 Å². The summed E-state index contributed by atoms with van der Waals surface area (Å²) in [4.78, 5) is 9.24. The fourth-order valence-electron chi connectivity index (χ4n) is 3.03. The van der Waals surface area contributed by atoms with Crippen molar-refractivity contribution < 1.29 is 4.74 Å². The highest BCUT2D eigenvalue weighted by Crippen LogP contribution is 2.35. The zero-order valence-corrected chi connectivity index (χ0v) is 12.0. The Morgan fingerprint density at radius 1 is 1.37 bits per heavy atom. The quantitative estimate of drug-likeness (QED) is 0.810. The number of alkyl halides is 1. The molecule has 1 saturated carbocycles. The van der Waals surface area contributed by atoms with Gasteiger partial charge in [0.15, 0.2) is 5.65 Å². The monoisotopic (exact) mass is 279 g/mol. The molecule has 2 aromatic heterocycles. The normalized spacial score (nSPS) is 23.3. The zero-order valence-electron chi connectivity index (χ0n) is 11.3. The third-order valence-electron chi connectivity index (χ3n) is 3.92. The minimum absolute atomic E-state index is 0.238. The predicted molar refractivity (Wildman–Crippen MR) is 75.5 cm³/mol. The van der Waals surface area contributed by atoms with Crippen molar-refractivity contribution in [3.8, 4) is 0 Å². The number of fused-ring (bicyclic) bond motifs is 1. The molecule has 5 heteroatoms. The van der Waals surface area contributed by atoms with Gasteiger partial charge in [-0.1, -0.05) is 0 Å². The Kier molecular flexibility index (Phi) is 3.46. The number of hydrogen-bond donors (Lipinski definition) is 0. The van der Waals surface area contributed by atoms with Crippen molar-refractivity contribution in [3.63, 3.8) is 0 Å². The Hall–Kier alpha value is -1.13. The van der Waals surface area contributed by atoms with E-state index in [1.807, 2.05) is 19.1 Å². The fourth-order valence-corrected chi connectivity index (χ4v) is 3.22. The van der Waals surface area contributed by atoms with E-state index in [4.69, 9.17) is 16.3 Å². The molecule has 0 bridgehead atoms. The van der Waals surface area contributed by atoms with Gasteiger partial charge in [0.05, 0.1) is 18.0 Å². The topological polar surface area (TPSA) is 39.9 Å². The molecule has 2 heterocycles. The minimum Gasteiger partial charge on any atom is -0.379 e. The van der Waals surface area contributed by atoms with Crippen LogP contribution in [0.4, 0.5) is 0 Å². The lowest BCUT2D eigenvalue weighted by Crippen LogP contribution is -2.22. The molecule has 1 fully saturated rings. The van der Waals surface area contributed by atoms with Gasteiger partial charge in [0, 0.05) is 12.8 Å². The second kappa shape index (κ2) is 5.10. The van der Waals surface area contributed by atoms with E-state index < -0.39 is 0 Å². The summed E-state index contributed by atoms with van der Waals surface area (Å²) in [5.41, 5.74) is 2.86. The number of nitrogens with zero attached hydrogens (tertiary/aromatic N) is 3. The maximum atomic E-state index is 6.06. The van der Waals surface area contributed by atoms with Gasteiger partial charge in [0.25, 0.3) is 0 Å². The van der Waals surface area contributed by atoms with Crippen LogP contribution in [0.1, 0.15) is 36.8 Å². The van der Waals surface area contributed by atoms with Crippen LogP contribution in [-0.4, -0.2) is 27.7 Å². The molecule has 0 saturated heterocycles. The van der Waals surface area contributed by atoms with Gasteiger partial charge in [-0.2, -0.15) is 0 Å². The van der Waals surface area contributed by atoms with E-state index in [2.05, 4.69) is 14.5 Å². The minimum atomic E-state index is 0.238. The van der Waals surface area contributed by atoms with Crippen LogP contribution in [0.3, 0.4) is 0 Å². The molecular weight excluding hydrogens is 262 g/mol. The summed E-state index contributed by atoms with van der Waals surface area (Å²) in [5, 5.41) is 0. The van der Waals surface area contributed by atoms with Crippen LogP contribution in [0.5, 0.6) is 0 Å². The third-order valence-corrected chi connectivity index (χ3v) is 4.16. The summed E-state index contributed by atoms with van der Waals surface area (Å²) in [7, 11) is 1.78. The molecule has 4 nitrogen and oxygen atoms in total. The lowest BCUT2D eigenvalue weighted by Gasteiger charge is -2.21. The summed E-state index contributed by atoms with van der Waals surface area (Å²) in [5.74, 6) is 1.30. The maximum absolute atomic E-state index is 6.06. The lowest BCUT2D eigenvalue weighted by atomic mass is 10.2. The van der Waals surface area contributed by atoms with Gasteiger partial charge in [-0.15, -0.1) is 11.6 Å². The molecule has 3 rings (SSSR count). The number of rotatable bonds is 3. The molecule has 0 spiro atoms. The molecule has 0 aliphatic heterocycles. The Labute approximate surface area is 117 Å². The number of imidazole rings is 1. The van der Waals surface area contributed by atoms with Gasteiger partial charge in [-0.3, -0.25) is 0 Å². The van der Waals surface area contributed by atoms with Gasteiger partial charge in [0.1, 0.15) is 11.3 Å². The number of ether oxygens (including phenoxy) is 1. The third kappa shape index (κ3) is 2.13. The zero-order chi connectivity index (χ0) is 13.4. The highest BCUT2D eigenvalue weighted by atomic mass is 35.5. The van der Waals surface area contributed by atoms with Crippen molar-refractivity contribution in [3.05, 3.63) is 23.7 Å². The first-order valence-electron chi connectivity index (χ1n) is 6.68. The van der Waals surface area contributed by atoms with Crippen LogP contribution < -0.4 is 0 Å². The second-order valence-electron chi connectivity index (χ2n) is 5.10.